The third kappa shape index (κ3) is 2.09. The third-order valence-corrected chi connectivity index (χ3v) is 3.87. The van der Waals surface area contributed by atoms with E-state index in [0.717, 1.165) is 25.3 Å². The van der Waals surface area contributed by atoms with Crippen molar-refractivity contribution < 1.29 is 9.90 Å². The van der Waals surface area contributed by atoms with Crippen LogP contribution in [0.4, 0.5) is 5.82 Å². The van der Waals surface area contributed by atoms with Crippen molar-refractivity contribution in [3.63, 3.8) is 0 Å². The molecule has 1 aliphatic heterocycles. The number of nitrogens with zero attached hydrogens (tertiary/aromatic N) is 3. The van der Waals surface area contributed by atoms with Crippen LogP contribution in [0.3, 0.4) is 0 Å². The van der Waals surface area contributed by atoms with Gasteiger partial charge in [-0.1, -0.05) is 13.8 Å². The topological polar surface area (TPSA) is 58.4 Å². The minimum atomic E-state index is -0.886. The first-order valence-electron chi connectivity index (χ1n) is 6.43. The Hall–Kier alpha value is -1.52. The van der Waals surface area contributed by atoms with Gasteiger partial charge < -0.3 is 10.0 Å². The van der Waals surface area contributed by atoms with Gasteiger partial charge in [0.2, 0.25) is 0 Å². The highest BCUT2D eigenvalue weighted by Gasteiger charge is 2.31. The molecule has 2 heterocycles. The second-order valence-electron chi connectivity index (χ2n) is 5.45. The van der Waals surface area contributed by atoms with E-state index in [9.17, 15) is 9.90 Å². The van der Waals surface area contributed by atoms with Gasteiger partial charge in [0.15, 0.2) is 0 Å². The van der Waals surface area contributed by atoms with Crippen LogP contribution in [0.5, 0.6) is 0 Å². The summed E-state index contributed by atoms with van der Waals surface area (Å²) in [5.41, 5.74) is 0.940. The molecule has 1 N–H and O–H groups in total. The molecule has 1 fully saturated rings. The lowest BCUT2D eigenvalue weighted by Crippen LogP contribution is -2.25. The summed E-state index contributed by atoms with van der Waals surface area (Å²) < 4.78 is 1.70. The second kappa shape index (κ2) is 4.63. The van der Waals surface area contributed by atoms with Gasteiger partial charge in [-0.2, -0.15) is 5.10 Å². The van der Waals surface area contributed by atoms with E-state index < -0.39 is 5.97 Å². The first-order valence-corrected chi connectivity index (χ1v) is 6.43. The summed E-state index contributed by atoms with van der Waals surface area (Å²) in [7, 11) is 1.82. The van der Waals surface area contributed by atoms with Crippen molar-refractivity contribution in [1.29, 1.82) is 0 Å². The first-order chi connectivity index (χ1) is 8.41. The normalized spacial score (nSPS) is 19.8. The van der Waals surface area contributed by atoms with Gasteiger partial charge in [0.05, 0.1) is 5.69 Å². The van der Waals surface area contributed by atoms with Crippen LogP contribution in [0.15, 0.2) is 0 Å². The highest BCUT2D eigenvalue weighted by Crippen LogP contribution is 2.31. The Morgan fingerprint density at radius 3 is 2.67 bits per heavy atom. The molecule has 0 spiro atoms. The molecule has 1 aliphatic rings. The van der Waals surface area contributed by atoms with E-state index in [-0.39, 0.29) is 0 Å². The summed E-state index contributed by atoms with van der Waals surface area (Å²) in [5.74, 6) is 1.14. The zero-order chi connectivity index (χ0) is 13.4. The highest BCUT2D eigenvalue weighted by atomic mass is 16.4. The standard InChI is InChI=1S/C13H21N3O2/c1-8(2)10-5-6-16(7-10)12-11(13(17)18)9(3)14-15(12)4/h8,10H,5-7H2,1-4H3,(H,17,18). The van der Waals surface area contributed by atoms with Gasteiger partial charge in [-0.15, -0.1) is 0 Å². The van der Waals surface area contributed by atoms with E-state index >= 15 is 0 Å². The molecule has 0 aromatic carbocycles. The molecule has 0 bridgehead atoms. The summed E-state index contributed by atoms with van der Waals surface area (Å²) in [5, 5.41) is 13.6. The van der Waals surface area contributed by atoms with Crippen molar-refractivity contribution >= 4 is 11.8 Å². The number of hydrogen-bond donors (Lipinski definition) is 1. The lowest BCUT2D eigenvalue weighted by molar-refractivity contribution is 0.0696. The average molecular weight is 251 g/mol. The van der Waals surface area contributed by atoms with Crippen LogP contribution in [0.25, 0.3) is 0 Å². The molecule has 5 heteroatoms. The van der Waals surface area contributed by atoms with E-state index in [1.54, 1.807) is 11.6 Å². The largest absolute Gasteiger partial charge is 0.477 e. The molecule has 1 aromatic rings. The minimum Gasteiger partial charge on any atom is -0.477 e. The van der Waals surface area contributed by atoms with E-state index in [1.165, 1.54) is 0 Å². The van der Waals surface area contributed by atoms with Crippen LogP contribution in [0.1, 0.15) is 36.3 Å². The van der Waals surface area contributed by atoms with E-state index in [0.29, 0.717) is 23.1 Å². The van der Waals surface area contributed by atoms with Crippen molar-refractivity contribution in [1.82, 2.24) is 9.78 Å². The Labute approximate surface area is 107 Å². The third-order valence-electron chi connectivity index (χ3n) is 3.87. The Morgan fingerprint density at radius 2 is 2.17 bits per heavy atom. The summed E-state index contributed by atoms with van der Waals surface area (Å²) in [6.07, 6.45) is 1.13. The molecular formula is C13H21N3O2. The van der Waals surface area contributed by atoms with Gasteiger partial charge in [-0.3, -0.25) is 4.68 Å². The van der Waals surface area contributed by atoms with Crippen LogP contribution in [-0.2, 0) is 7.05 Å². The number of carbonyl (C=O) groups is 1. The molecule has 1 atom stereocenters. The molecule has 18 heavy (non-hydrogen) atoms. The number of aryl methyl sites for hydroxylation is 2. The molecule has 0 radical (unpaired) electrons. The van der Waals surface area contributed by atoms with Crippen molar-refractivity contribution in [2.75, 3.05) is 18.0 Å². The van der Waals surface area contributed by atoms with Crippen molar-refractivity contribution in [3.05, 3.63) is 11.3 Å². The summed E-state index contributed by atoms with van der Waals surface area (Å²) in [6, 6.07) is 0. The fourth-order valence-corrected chi connectivity index (χ4v) is 2.78. The van der Waals surface area contributed by atoms with Gasteiger partial charge in [-0.25, -0.2) is 4.79 Å². The molecule has 5 nitrogen and oxygen atoms in total. The molecule has 100 valence electrons. The summed E-state index contributed by atoms with van der Waals surface area (Å²) in [4.78, 5) is 13.5. The first kappa shape index (κ1) is 12.9. The Morgan fingerprint density at radius 1 is 1.50 bits per heavy atom. The second-order valence-corrected chi connectivity index (χ2v) is 5.45. The molecule has 0 aliphatic carbocycles. The Balaban J connectivity index is 2.32. The molecule has 0 amide bonds. The molecule has 1 unspecified atom stereocenters. The van der Waals surface area contributed by atoms with Crippen molar-refractivity contribution in [2.24, 2.45) is 18.9 Å². The lowest BCUT2D eigenvalue weighted by atomic mass is 9.95. The quantitative estimate of drug-likeness (QED) is 0.891. The average Bonchev–Trinajstić information content (AvgIpc) is 2.81. The van der Waals surface area contributed by atoms with Crippen LogP contribution in [0.2, 0.25) is 0 Å². The predicted octanol–water partition coefficient (Wildman–Crippen LogP) is 1.91. The number of anilines is 1. The maximum Gasteiger partial charge on any atom is 0.341 e. The number of carboxylic acid groups (broad SMARTS) is 1. The number of carboxylic acids is 1. The Kier molecular flexibility index (Phi) is 3.32. The van der Waals surface area contributed by atoms with Gasteiger partial charge in [0, 0.05) is 20.1 Å². The van der Waals surface area contributed by atoms with Crippen LogP contribution in [-0.4, -0.2) is 33.9 Å². The highest BCUT2D eigenvalue weighted by molar-refractivity contribution is 5.94. The number of aromatic nitrogens is 2. The fourth-order valence-electron chi connectivity index (χ4n) is 2.78. The monoisotopic (exact) mass is 251 g/mol. The van der Waals surface area contributed by atoms with Gasteiger partial charge >= 0.3 is 5.97 Å². The summed E-state index contributed by atoms with van der Waals surface area (Å²) in [6.45, 7) is 8.05. The number of aromatic carboxylic acids is 1. The van der Waals surface area contributed by atoms with Gasteiger partial charge in [0.25, 0.3) is 0 Å². The fraction of sp³-hybridized carbons (Fsp3) is 0.692. The van der Waals surface area contributed by atoms with Crippen LogP contribution < -0.4 is 4.90 Å². The number of rotatable bonds is 3. The van der Waals surface area contributed by atoms with Crippen molar-refractivity contribution in [3.8, 4) is 0 Å². The van der Waals surface area contributed by atoms with Gasteiger partial charge in [0.1, 0.15) is 11.4 Å². The molecule has 2 rings (SSSR count). The molecule has 1 aromatic heterocycles. The van der Waals surface area contributed by atoms with Crippen molar-refractivity contribution in [2.45, 2.75) is 27.2 Å². The van der Waals surface area contributed by atoms with E-state index in [1.807, 2.05) is 7.05 Å². The predicted molar refractivity (Wildman–Crippen MR) is 70.1 cm³/mol. The summed E-state index contributed by atoms with van der Waals surface area (Å²) >= 11 is 0. The van der Waals surface area contributed by atoms with E-state index in [4.69, 9.17) is 0 Å². The maximum atomic E-state index is 11.3. The molecular weight excluding hydrogens is 230 g/mol. The molecule has 0 saturated carbocycles. The van der Waals surface area contributed by atoms with E-state index in [2.05, 4.69) is 23.8 Å². The minimum absolute atomic E-state index is 0.349. The van der Waals surface area contributed by atoms with Gasteiger partial charge in [-0.05, 0) is 25.2 Å². The SMILES string of the molecule is Cc1nn(C)c(N2CCC(C(C)C)C2)c1C(=O)O. The van der Waals surface area contributed by atoms with Crippen LogP contribution >= 0.6 is 0 Å². The Bertz CT molecular complexity index is 465. The molecule has 1 saturated heterocycles. The zero-order valence-electron chi connectivity index (χ0n) is 11.5. The maximum absolute atomic E-state index is 11.3. The smallest absolute Gasteiger partial charge is 0.341 e. The zero-order valence-corrected chi connectivity index (χ0v) is 11.5. The van der Waals surface area contributed by atoms with Crippen LogP contribution in [0, 0.1) is 18.8 Å². The number of hydrogen-bond acceptors (Lipinski definition) is 3. The lowest BCUT2D eigenvalue weighted by Gasteiger charge is -2.20.